The molecule has 2 bridgehead atoms. The molecule has 1 heterocycles. The Bertz CT molecular complexity index is 420. The fourth-order valence-corrected chi connectivity index (χ4v) is 4.21. The number of rotatable bonds is 2. The minimum absolute atomic E-state index is 0.0381. The second-order valence-electron chi connectivity index (χ2n) is 6.51. The van der Waals surface area contributed by atoms with E-state index in [0.29, 0.717) is 25.6 Å². The van der Waals surface area contributed by atoms with Crippen LogP contribution >= 0.6 is 0 Å². The molecular formula is C15H23N3O2. The quantitative estimate of drug-likeness (QED) is 0.836. The Morgan fingerprint density at radius 1 is 1.45 bits per heavy atom. The molecule has 3 aliphatic rings. The van der Waals surface area contributed by atoms with E-state index in [4.69, 9.17) is 10.00 Å². The highest BCUT2D eigenvalue weighted by Crippen LogP contribution is 2.49. The summed E-state index contributed by atoms with van der Waals surface area (Å²) in [7, 11) is 0. The Balaban J connectivity index is 1.52. The third-order valence-electron chi connectivity index (χ3n) is 5.28. The monoisotopic (exact) mass is 277 g/mol. The highest BCUT2D eigenvalue weighted by Gasteiger charge is 2.42. The molecule has 20 heavy (non-hydrogen) atoms. The average Bonchev–Trinajstić information content (AvgIpc) is 3.10. The number of urea groups is 1. The Morgan fingerprint density at radius 2 is 2.30 bits per heavy atom. The average molecular weight is 277 g/mol. The van der Waals surface area contributed by atoms with Crippen molar-refractivity contribution < 1.29 is 9.53 Å². The molecule has 2 amide bonds. The Hall–Kier alpha value is -1.28. The topological polar surface area (TPSA) is 65.4 Å². The molecule has 5 nitrogen and oxygen atoms in total. The number of nitriles is 1. The van der Waals surface area contributed by atoms with Crippen molar-refractivity contribution in [3.8, 4) is 6.07 Å². The van der Waals surface area contributed by atoms with Gasteiger partial charge in [0.05, 0.1) is 19.2 Å². The number of nitrogens with zero attached hydrogens (tertiary/aromatic N) is 2. The van der Waals surface area contributed by atoms with Crippen molar-refractivity contribution in [2.45, 2.75) is 44.8 Å². The molecule has 110 valence electrons. The molecule has 1 saturated heterocycles. The van der Waals surface area contributed by atoms with Gasteiger partial charge in [0.1, 0.15) is 0 Å². The number of amides is 2. The van der Waals surface area contributed by atoms with Crippen molar-refractivity contribution in [1.82, 2.24) is 10.2 Å². The van der Waals surface area contributed by atoms with Crippen LogP contribution in [-0.2, 0) is 4.74 Å². The zero-order valence-electron chi connectivity index (χ0n) is 12.0. The molecule has 5 atom stereocenters. The zero-order chi connectivity index (χ0) is 14.1. The number of hydrogen-bond donors (Lipinski definition) is 1. The lowest BCUT2D eigenvalue weighted by molar-refractivity contribution is 0.0148. The maximum atomic E-state index is 12.3. The van der Waals surface area contributed by atoms with Crippen LogP contribution in [0.5, 0.6) is 0 Å². The summed E-state index contributed by atoms with van der Waals surface area (Å²) in [5, 5.41) is 12.0. The summed E-state index contributed by atoms with van der Waals surface area (Å²) in [6, 6.07) is 2.27. The lowest BCUT2D eigenvalue weighted by Gasteiger charge is -2.33. The molecule has 0 aromatic heterocycles. The third-order valence-corrected chi connectivity index (χ3v) is 5.28. The van der Waals surface area contributed by atoms with Gasteiger partial charge in [-0.05, 0) is 43.9 Å². The number of hydrogen-bond acceptors (Lipinski definition) is 3. The van der Waals surface area contributed by atoms with Gasteiger partial charge in [-0.2, -0.15) is 5.26 Å². The van der Waals surface area contributed by atoms with Gasteiger partial charge in [0.25, 0.3) is 0 Å². The van der Waals surface area contributed by atoms with Crippen molar-refractivity contribution in [3.05, 3.63) is 0 Å². The maximum absolute atomic E-state index is 12.3. The molecule has 0 spiro atoms. The zero-order valence-corrected chi connectivity index (χ0v) is 12.0. The van der Waals surface area contributed by atoms with Crippen molar-refractivity contribution in [3.63, 3.8) is 0 Å². The van der Waals surface area contributed by atoms with Crippen LogP contribution in [-0.4, -0.2) is 42.8 Å². The van der Waals surface area contributed by atoms with Gasteiger partial charge < -0.3 is 15.0 Å². The lowest BCUT2D eigenvalue weighted by Crippen LogP contribution is -2.52. The number of fused-ring (bicyclic) bond motifs is 2. The maximum Gasteiger partial charge on any atom is 0.317 e. The van der Waals surface area contributed by atoms with E-state index >= 15 is 0 Å². The van der Waals surface area contributed by atoms with E-state index in [9.17, 15) is 4.79 Å². The molecule has 5 unspecified atom stereocenters. The Labute approximate surface area is 120 Å². The van der Waals surface area contributed by atoms with Crippen molar-refractivity contribution in [1.29, 1.82) is 5.26 Å². The van der Waals surface area contributed by atoms with Crippen LogP contribution in [0.2, 0.25) is 0 Å². The summed E-state index contributed by atoms with van der Waals surface area (Å²) in [6.45, 7) is 3.54. The van der Waals surface area contributed by atoms with E-state index in [0.717, 1.165) is 11.8 Å². The first-order valence-electron chi connectivity index (χ1n) is 7.74. The molecule has 3 fully saturated rings. The molecule has 2 saturated carbocycles. The molecule has 3 rings (SSSR count). The van der Waals surface area contributed by atoms with Crippen LogP contribution in [0.15, 0.2) is 0 Å². The number of carbonyl (C=O) groups excluding carboxylic acids is 1. The third kappa shape index (κ3) is 2.62. The largest absolute Gasteiger partial charge is 0.360 e. The Kier molecular flexibility index (Phi) is 3.84. The highest BCUT2D eigenvalue weighted by molar-refractivity contribution is 5.74. The SMILES string of the molecule is CC(NC(=O)N1CCOC(C#N)C1)C1CC2CCC1C2. The van der Waals surface area contributed by atoms with Gasteiger partial charge in [-0.15, -0.1) is 0 Å². The van der Waals surface area contributed by atoms with E-state index < -0.39 is 6.10 Å². The van der Waals surface area contributed by atoms with Gasteiger partial charge in [0, 0.05) is 12.6 Å². The van der Waals surface area contributed by atoms with E-state index in [1.54, 1.807) is 4.90 Å². The number of morpholine rings is 1. The minimum Gasteiger partial charge on any atom is -0.360 e. The van der Waals surface area contributed by atoms with E-state index in [-0.39, 0.29) is 12.1 Å². The molecule has 0 radical (unpaired) electrons. The first kappa shape index (κ1) is 13.7. The summed E-state index contributed by atoms with van der Waals surface area (Å²) >= 11 is 0. The van der Waals surface area contributed by atoms with E-state index in [2.05, 4.69) is 18.3 Å². The molecule has 0 aromatic rings. The van der Waals surface area contributed by atoms with Crippen LogP contribution in [0.4, 0.5) is 4.79 Å². The number of nitrogens with one attached hydrogen (secondary N) is 1. The van der Waals surface area contributed by atoms with Crippen molar-refractivity contribution >= 4 is 6.03 Å². The van der Waals surface area contributed by atoms with Gasteiger partial charge in [-0.25, -0.2) is 4.79 Å². The van der Waals surface area contributed by atoms with Crippen LogP contribution in [0.25, 0.3) is 0 Å². The first-order valence-corrected chi connectivity index (χ1v) is 7.74. The minimum atomic E-state index is -0.479. The molecule has 2 aliphatic carbocycles. The van der Waals surface area contributed by atoms with Crippen LogP contribution in [0.3, 0.4) is 0 Å². The highest BCUT2D eigenvalue weighted by atomic mass is 16.5. The van der Waals surface area contributed by atoms with Gasteiger partial charge >= 0.3 is 6.03 Å². The molecule has 0 aromatic carbocycles. The summed E-state index contributed by atoms with van der Waals surface area (Å²) in [5.41, 5.74) is 0. The lowest BCUT2D eigenvalue weighted by atomic mass is 9.84. The molecular weight excluding hydrogens is 254 g/mol. The van der Waals surface area contributed by atoms with Gasteiger partial charge in [0.15, 0.2) is 6.10 Å². The fraction of sp³-hybridized carbons (Fsp3) is 0.867. The number of ether oxygens (including phenoxy) is 1. The molecule has 1 N–H and O–H groups in total. The van der Waals surface area contributed by atoms with Crippen molar-refractivity contribution in [2.24, 2.45) is 17.8 Å². The van der Waals surface area contributed by atoms with E-state index in [1.165, 1.54) is 25.7 Å². The van der Waals surface area contributed by atoms with Gasteiger partial charge in [-0.3, -0.25) is 0 Å². The Morgan fingerprint density at radius 3 is 2.95 bits per heavy atom. The smallest absolute Gasteiger partial charge is 0.317 e. The number of carbonyl (C=O) groups is 1. The second kappa shape index (κ2) is 5.61. The summed E-state index contributed by atoms with van der Waals surface area (Å²) in [6.07, 6.45) is 4.88. The standard InChI is InChI=1S/C15H23N3O2/c1-10(14-7-11-2-3-12(14)6-11)17-15(19)18-4-5-20-13(8-16)9-18/h10-14H,2-7,9H2,1H3,(H,17,19). The summed E-state index contributed by atoms with van der Waals surface area (Å²) < 4.78 is 5.27. The molecule has 1 aliphatic heterocycles. The normalized spacial score (nSPS) is 37.5. The first-order chi connectivity index (χ1) is 9.67. The predicted octanol–water partition coefficient (Wildman–Crippen LogP) is 1.75. The van der Waals surface area contributed by atoms with Crippen LogP contribution < -0.4 is 5.32 Å². The summed E-state index contributed by atoms with van der Waals surface area (Å²) in [5.74, 6) is 2.35. The van der Waals surface area contributed by atoms with Gasteiger partial charge in [0.2, 0.25) is 0 Å². The fourth-order valence-electron chi connectivity index (χ4n) is 4.21. The second-order valence-corrected chi connectivity index (χ2v) is 6.51. The molecule has 5 heteroatoms. The predicted molar refractivity (Wildman–Crippen MR) is 73.9 cm³/mol. The van der Waals surface area contributed by atoms with Gasteiger partial charge in [-0.1, -0.05) is 6.42 Å². The van der Waals surface area contributed by atoms with Crippen molar-refractivity contribution in [2.75, 3.05) is 19.7 Å². The van der Waals surface area contributed by atoms with Crippen LogP contribution in [0.1, 0.15) is 32.6 Å². The summed E-state index contributed by atoms with van der Waals surface area (Å²) in [4.78, 5) is 14.0. The van der Waals surface area contributed by atoms with E-state index in [1.807, 2.05) is 0 Å². The van der Waals surface area contributed by atoms with Crippen LogP contribution in [0, 0.1) is 29.1 Å².